The molecule has 1 aromatic carbocycles. The van der Waals surface area contributed by atoms with Crippen molar-refractivity contribution in [3.05, 3.63) is 23.8 Å². The van der Waals surface area contributed by atoms with E-state index in [0.29, 0.717) is 12.2 Å². The van der Waals surface area contributed by atoms with Crippen LogP contribution >= 0.6 is 0 Å². The maximum Gasteiger partial charge on any atom is 0.238 e. The maximum atomic E-state index is 11.2. The third-order valence-electron chi connectivity index (χ3n) is 3.61. The standard InChI is InChI=1S/C13H17N3O3S/c14-7-10-6-11(20(15,18)19)4-5-12(10)16-8-9-2-1-3-13(9)17/h4-6,9,13,16-17H,1-3,8H2,(H2,15,18,19). The molecule has 20 heavy (non-hydrogen) atoms. The van der Waals surface area contributed by atoms with Crippen LogP contribution in [0, 0.1) is 17.2 Å². The molecular formula is C13H17N3O3S. The first-order chi connectivity index (χ1) is 9.41. The molecule has 1 saturated carbocycles. The van der Waals surface area contributed by atoms with Gasteiger partial charge in [-0.05, 0) is 31.0 Å². The lowest BCUT2D eigenvalue weighted by molar-refractivity contribution is 0.138. The number of aliphatic hydroxyl groups is 1. The minimum atomic E-state index is -3.81. The quantitative estimate of drug-likeness (QED) is 0.759. The van der Waals surface area contributed by atoms with E-state index in [2.05, 4.69) is 5.32 Å². The molecule has 0 aromatic heterocycles. The second-order valence-corrected chi connectivity index (χ2v) is 6.56. The first kappa shape index (κ1) is 14.8. The Hall–Kier alpha value is -1.62. The second-order valence-electron chi connectivity index (χ2n) is 5.00. The predicted octanol–water partition coefficient (Wildman–Crippen LogP) is 0.779. The normalized spacial score (nSPS) is 22.4. The number of benzene rings is 1. The van der Waals surface area contributed by atoms with Gasteiger partial charge in [0.15, 0.2) is 0 Å². The fourth-order valence-corrected chi connectivity index (χ4v) is 2.98. The van der Waals surface area contributed by atoms with E-state index in [0.717, 1.165) is 19.3 Å². The molecule has 0 bridgehead atoms. The van der Waals surface area contributed by atoms with Gasteiger partial charge in [-0.2, -0.15) is 5.26 Å². The zero-order valence-electron chi connectivity index (χ0n) is 10.9. The number of hydrogen-bond donors (Lipinski definition) is 3. The molecule has 0 saturated heterocycles. The summed E-state index contributed by atoms with van der Waals surface area (Å²) in [7, 11) is -3.81. The molecule has 2 atom stereocenters. The molecule has 2 rings (SSSR count). The summed E-state index contributed by atoms with van der Waals surface area (Å²) in [4.78, 5) is -0.0829. The van der Waals surface area contributed by atoms with Crippen molar-refractivity contribution in [2.45, 2.75) is 30.3 Å². The molecule has 0 spiro atoms. The van der Waals surface area contributed by atoms with Gasteiger partial charge < -0.3 is 10.4 Å². The summed E-state index contributed by atoms with van der Waals surface area (Å²) in [5.41, 5.74) is 0.781. The zero-order valence-corrected chi connectivity index (χ0v) is 11.7. The third-order valence-corrected chi connectivity index (χ3v) is 4.52. The van der Waals surface area contributed by atoms with Gasteiger partial charge in [0.05, 0.1) is 22.3 Å². The van der Waals surface area contributed by atoms with Gasteiger partial charge in [0.2, 0.25) is 10.0 Å². The fraction of sp³-hybridized carbons (Fsp3) is 0.462. The van der Waals surface area contributed by atoms with Crippen LogP contribution in [0.3, 0.4) is 0 Å². The molecular weight excluding hydrogens is 278 g/mol. The first-order valence-corrected chi connectivity index (χ1v) is 7.95. The van der Waals surface area contributed by atoms with Gasteiger partial charge in [0, 0.05) is 12.5 Å². The Bertz CT molecular complexity index is 637. The number of anilines is 1. The van der Waals surface area contributed by atoms with E-state index in [4.69, 9.17) is 10.4 Å². The lowest BCUT2D eigenvalue weighted by atomic mass is 10.1. The van der Waals surface area contributed by atoms with E-state index in [1.54, 1.807) is 0 Å². The molecule has 0 radical (unpaired) electrons. The minimum Gasteiger partial charge on any atom is -0.393 e. The summed E-state index contributed by atoms with van der Waals surface area (Å²) in [6.45, 7) is 0.560. The molecule has 7 heteroatoms. The van der Waals surface area contributed by atoms with E-state index < -0.39 is 10.0 Å². The average Bonchev–Trinajstić information content (AvgIpc) is 2.80. The van der Waals surface area contributed by atoms with Crippen molar-refractivity contribution in [2.24, 2.45) is 11.1 Å². The maximum absolute atomic E-state index is 11.2. The average molecular weight is 295 g/mol. The zero-order chi connectivity index (χ0) is 14.8. The number of hydrogen-bond acceptors (Lipinski definition) is 5. The molecule has 0 amide bonds. The van der Waals surface area contributed by atoms with Gasteiger partial charge in [-0.1, -0.05) is 6.42 Å². The summed E-state index contributed by atoms with van der Waals surface area (Å²) in [5, 5.41) is 26.9. The number of primary sulfonamides is 1. The number of rotatable bonds is 4. The fourth-order valence-electron chi connectivity index (χ4n) is 2.44. The monoisotopic (exact) mass is 295 g/mol. The van der Waals surface area contributed by atoms with Crippen LogP contribution in [0.1, 0.15) is 24.8 Å². The Morgan fingerprint density at radius 2 is 2.20 bits per heavy atom. The highest BCUT2D eigenvalue weighted by Gasteiger charge is 2.25. The number of nitrogens with zero attached hydrogens (tertiary/aromatic N) is 1. The summed E-state index contributed by atoms with van der Waals surface area (Å²) in [6, 6.07) is 6.09. The van der Waals surface area contributed by atoms with Crippen molar-refractivity contribution in [1.82, 2.24) is 0 Å². The molecule has 2 unspecified atom stereocenters. The molecule has 1 aliphatic rings. The van der Waals surface area contributed by atoms with Crippen LogP contribution < -0.4 is 10.5 Å². The van der Waals surface area contributed by atoms with Gasteiger partial charge >= 0.3 is 0 Å². The molecule has 108 valence electrons. The van der Waals surface area contributed by atoms with Crippen LogP contribution in [0.5, 0.6) is 0 Å². The summed E-state index contributed by atoms with van der Waals surface area (Å²) >= 11 is 0. The van der Waals surface area contributed by atoms with Crippen LogP contribution in [0.2, 0.25) is 0 Å². The van der Waals surface area contributed by atoms with Gasteiger partial charge in [-0.25, -0.2) is 13.6 Å². The van der Waals surface area contributed by atoms with Gasteiger partial charge in [-0.15, -0.1) is 0 Å². The lowest BCUT2D eigenvalue weighted by Crippen LogP contribution is -2.22. The molecule has 0 heterocycles. The molecule has 4 N–H and O–H groups in total. The van der Waals surface area contributed by atoms with E-state index in [9.17, 15) is 13.5 Å². The van der Waals surface area contributed by atoms with Crippen LogP contribution in [0.4, 0.5) is 5.69 Å². The molecule has 6 nitrogen and oxygen atoms in total. The van der Waals surface area contributed by atoms with E-state index in [1.807, 2.05) is 6.07 Å². The second kappa shape index (κ2) is 5.79. The van der Waals surface area contributed by atoms with Crippen molar-refractivity contribution in [1.29, 1.82) is 5.26 Å². The Balaban J connectivity index is 2.14. The molecule has 1 aromatic rings. The minimum absolute atomic E-state index is 0.0829. The van der Waals surface area contributed by atoms with Gasteiger partial charge in [0.1, 0.15) is 6.07 Å². The van der Waals surface area contributed by atoms with Crippen LogP contribution in [-0.4, -0.2) is 26.2 Å². The summed E-state index contributed by atoms with van der Waals surface area (Å²) < 4.78 is 22.5. The van der Waals surface area contributed by atoms with Crippen molar-refractivity contribution < 1.29 is 13.5 Å². The van der Waals surface area contributed by atoms with E-state index >= 15 is 0 Å². The van der Waals surface area contributed by atoms with E-state index in [1.165, 1.54) is 18.2 Å². The topological polar surface area (TPSA) is 116 Å². The van der Waals surface area contributed by atoms with Crippen molar-refractivity contribution in [3.8, 4) is 6.07 Å². The molecule has 1 aliphatic carbocycles. The number of sulfonamides is 1. The predicted molar refractivity (Wildman–Crippen MR) is 74.4 cm³/mol. The van der Waals surface area contributed by atoms with Gasteiger partial charge in [0.25, 0.3) is 0 Å². The SMILES string of the molecule is N#Cc1cc(S(N)(=O)=O)ccc1NCC1CCCC1O. The van der Waals surface area contributed by atoms with Crippen LogP contribution in [0.15, 0.2) is 23.1 Å². The smallest absolute Gasteiger partial charge is 0.238 e. The number of aliphatic hydroxyl groups excluding tert-OH is 1. The Kier molecular flexibility index (Phi) is 4.28. The molecule has 1 fully saturated rings. The van der Waals surface area contributed by atoms with Gasteiger partial charge in [-0.3, -0.25) is 0 Å². The summed E-state index contributed by atoms with van der Waals surface area (Å²) in [5.74, 6) is 0.166. The number of nitrogens with two attached hydrogens (primary N) is 1. The summed E-state index contributed by atoms with van der Waals surface area (Å²) in [6.07, 6.45) is 2.45. The first-order valence-electron chi connectivity index (χ1n) is 6.40. The lowest BCUT2D eigenvalue weighted by Gasteiger charge is -2.16. The van der Waals surface area contributed by atoms with E-state index in [-0.39, 0.29) is 22.5 Å². The highest BCUT2D eigenvalue weighted by molar-refractivity contribution is 7.89. The van der Waals surface area contributed by atoms with Crippen molar-refractivity contribution in [3.63, 3.8) is 0 Å². The highest BCUT2D eigenvalue weighted by atomic mass is 32.2. The largest absolute Gasteiger partial charge is 0.393 e. The Morgan fingerprint density at radius 3 is 2.75 bits per heavy atom. The third kappa shape index (κ3) is 3.28. The number of nitriles is 1. The van der Waals surface area contributed by atoms with Crippen LogP contribution in [0.25, 0.3) is 0 Å². The van der Waals surface area contributed by atoms with Crippen LogP contribution in [-0.2, 0) is 10.0 Å². The molecule has 0 aliphatic heterocycles. The highest BCUT2D eigenvalue weighted by Crippen LogP contribution is 2.26. The Labute approximate surface area is 118 Å². The van der Waals surface area contributed by atoms with Crippen molar-refractivity contribution >= 4 is 15.7 Å². The van der Waals surface area contributed by atoms with Crippen molar-refractivity contribution in [2.75, 3.05) is 11.9 Å². The number of nitrogens with one attached hydrogen (secondary N) is 1. The Morgan fingerprint density at radius 1 is 1.45 bits per heavy atom.